The molecule has 0 atom stereocenters. The Morgan fingerprint density at radius 2 is 1.93 bits per heavy atom. The van der Waals surface area contributed by atoms with E-state index in [1.807, 2.05) is 48.2 Å². The van der Waals surface area contributed by atoms with Crippen molar-refractivity contribution in [3.05, 3.63) is 77.0 Å². The molecule has 1 aromatic carbocycles. The van der Waals surface area contributed by atoms with E-state index in [1.54, 1.807) is 12.4 Å². The molecule has 2 heterocycles. The highest BCUT2D eigenvalue weighted by Crippen LogP contribution is 2.38. The van der Waals surface area contributed by atoms with Crippen LogP contribution in [0.4, 0.5) is 5.69 Å². The van der Waals surface area contributed by atoms with Crippen molar-refractivity contribution in [3.8, 4) is 0 Å². The summed E-state index contributed by atoms with van der Waals surface area (Å²) in [4.78, 5) is 24.9. The number of rotatable bonds is 4. The van der Waals surface area contributed by atoms with Gasteiger partial charge in [0, 0.05) is 12.2 Å². The van der Waals surface area contributed by atoms with Crippen LogP contribution in [0.15, 0.2) is 76.4 Å². The summed E-state index contributed by atoms with van der Waals surface area (Å²) in [5.74, 6) is 0.0744. The van der Waals surface area contributed by atoms with Gasteiger partial charge in [-0.3, -0.25) is 14.7 Å². The lowest BCUT2D eigenvalue weighted by molar-refractivity contribution is -0.124. The predicted molar refractivity (Wildman–Crippen MR) is 121 cm³/mol. The normalized spacial score (nSPS) is 21.3. The van der Waals surface area contributed by atoms with E-state index >= 15 is 0 Å². The monoisotopic (exact) mass is 403 g/mol. The lowest BCUT2D eigenvalue weighted by atomic mass is 9.94. The topological polar surface area (TPSA) is 45.6 Å². The van der Waals surface area contributed by atoms with Crippen LogP contribution in [-0.4, -0.2) is 27.0 Å². The number of nitrogens with zero attached hydrogens (tertiary/aromatic N) is 3. The molecule has 0 spiro atoms. The van der Waals surface area contributed by atoms with Crippen molar-refractivity contribution in [2.24, 2.45) is 4.99 Å². The number of hydrogen-bond acceptors (Lipinski definition) is 4. The van der Waals surface area contributed by atoms with Gasteiger partial charge in [-0.1, -0.05) is 55.7 Å². The summed E-state index contributed by atoms with van der Waals surface area (Å²) < 4.78 is 0. The van der Waals surface area contributed by atoms with Crippen molar-refractivity contribution >= 4 is 34.6 Å². The third kappa shape index (κ3) is 4.85. The van der Waals surface area contributed by atoms with Gasteiger partial charge in [0.25, 0.3) is 5.91 Å². The molecule has 0 unspecified atom stereocenters. The second-order valence-corrected chi connectivity index (χ2v) is 8.49. The number of amides is 1. The minimum atomic E-state index is 0.0744. The molecule has 1 aromatic heterocycles. The van der Waals surface area contributed by atoms with E-state index in [4.69, 9.17) is 4.99 Å². The summed E-state index contributed by atoms with van der Waals surface area (Å²) in [6, 6.07) is 14.2. The number of carbonyl (C=O) groups is 1. The highest BCUT2D eigenvalue weighted by molar-refractivity contribution is 8.18. The molecule has 2 aliphatic rings. The minimum absolute atomic E-state index is 0.0744. The standard InChI is InChI=1S/C24H25N3OS/c1-18(15-19-9-4-2-5-10-19)16-22-23(28)27(21-12-6-3-7-13-21)24(29-22)26-20-11-8-14-25-17-20/h2,4-5,8-11,14-17,21H,3,6-7,12-13H2,1H3/b18-15+,22-16-,26-24?. The first-order chi connectivity index (χ1) is 14.2. The number of aliphatic imine (C=N–C) groups is 1. The van der Waals surface area contributed by atoms with Crippen LogP contribution in [0.2, 0.25) is 0 Å². The van der Waals surface area contributed by atoms with Crippen LogP contribution in [0.1, 0.15) is 44.6 Å². The van der Waals surface area contributed by atoms with E-state index in [2.05, 4.69) is 23.2 Å². The molecule has 0 radical (unpaired) electrons. The molecule has 4 nitrogen and oxygen atoms in total. The predicted octanol–water partition coefficient (Wildman–Crippen LogP) is 5.96. The van der Waals surface area contributed by atoms with E-state index in [-0.39, 0.29) is 11.9 Å². The average Bonchev–Trinajstić information content (AvgIpc) is 3.04. The number of allylic oxidation sites excluding steroid dienone is 2. The summed E-state index contributed by atoms with van der Waals surface area (Å²) in [6.45, 7) is 2.04. The molecule has 2 fully saturated rings. The quantitative estimate of drug-likeness (QED) is 0.591. The Bertz CT molecular complexity index is 945. The molecule has 1 aliphatic carbocycles. The van der Waals surface area contributed by atoms with Crippen LogP contribution in [0.25, 0.3) is 6.08 Å². The van der Waals surface area contributed by atoms with Gasteiger partial charge in [-0.25, -0.2) is 4.99 Å². The first kappa shape index (κ1) is 19.6. The van der Waals surface area contributed by atoms with Gasteiger partial charge in [-0.05, 0) is 60.9 Å². The molecule has 1 aliphatic heterocycles. The van der Waals surface area contributed by atoms with Crippen LogP contribution in [0.3, 0.4) is 0 Å². The number of amidine groups is 1. The van der Waals surface area contributed by atoms with Crippen molar-refractivity contribution in [3.63, 3.8) is 0 Å². The fourth-order valence-electron chi connectivity index (χ4n) is 3.82. The second-order valence-electron chi connectivity index (χ2n) is 7.48. The van der Waals surface area contributed by atoms with E-state index < -0.39 is 0 Å². The molecule has 1 saturated carbocycles. The maximum Gasteiger partial charge on any atom is 0.266 e. The Balaban J connectivity index is 1.65. The van der Waals surface area contributed by atoms with Crippen molar-refractivity contribution in [2.75, 3.05) is 0 Å². The SMILES string of the molecule is CC(/C=C1\SC(=Nc2cccnc2)N(C2CCCCC2)C1=O)=C\c1ccccc1. The summed E-state index contributed by atoms with van der Waals surface area (Å²) >= 11 is 1.47. The fourth-order valence-corrected chi connectivity index (χ4v) is 4.93. The van der Waals surface area contributed by atoms with Gasteiger partial charge >= 0.3 is 0 Å². The lowest BCUT2D eigenvalue weighted by Crippen LogP contribution is -2.40. The minimum Gasteiger partial charge on any atom is -0.283 e. The highest BCUT2D eigenvalue weighted by Gasteiger charge is 2.38. The summed E-state index contributed by atoms with van der Waals surface area (Å²) in [5, 5.41) is 0.772. The van der Waals surface area contributed by atoms with Crippen molar-refractivity contribution in [1.29, 1.82) is 0 Å². The lowest BCUT2D eigenvalue weighted by Gasteiger charge is -2.30. The second kappa shape index (κ2) is 9.23. The summed E-state index contributed by atoms with van der Waals surface area (Å²) in [7, 11) is 0. The highest BCUT2D eigenvalue weighted by atomic mass is 32.2. The molecule has 5 heteroatoms. The molecule has 29 heavy (non-hydrogen) atoms. The third-order valence-corrected chi connectivity index (χ3v) is 6.18. The van der Waals surface area contributed by atoms with Gasteiger partial charge < -0.3 is 0 Å². The Morgan fingerprint density at radius 3 is 2.66 bits per heavy atom. The van der Waals surface area contributed by atoms with E-state index in [9.17, 15) is 4.79 Å². The average molecular weight is 404 g/mol. The van der Waals surface area contributed by atoms with Gasteiger partial charge in [0.2, 0.25) is 0 Å². The Labute approximate surface area is 176 Å². The molecule has 4 rings (SSSR count). The van der Waals surface area contributed by atoms with Gasteiger partial charge in [0.15, 0.2) is 5.17 Å². The third-order valence-electron chi connectivity index (χ3n) is 5.20. The van der Waals surface area contributed by atoms with Crippen LogP contribution in [-0.2, 0) is 4.79 Å². The molecule has 0 N–H and O–H groups in total. The van der Waals surface area contributed by atoms with Gasteiger partial charge in [-0.15, -0.1) is 0 Å². The zero-order valence-electron chi connectivity index (χ0n) is 16.6. The first-order valence-electron chi connectivity index (χ1n) is 10.2. The number of pyridine rings is 1. The Morgan fingerprint density at radius 1 is 1.14 bits per heavy atom. The van der Waals surface area contributed by atoms with Crippen LogP contribution >= 0.6 is 11.8 Å². The zero-order chi connectivity index (χ0) is 20.1. The van der Waals surface area contributed by atoms with Crippen LogP contribution < -0.4 is 0 Å². The maximum absolute atomic E-state index is 13.3. The van der Waals surface area contributed by atoms with Gasteiger partial charge in [0.05, 0.1) is 16.8 Å². The van der Waals surface area contributed by atoms with E-state index in [0.717, 1.165) is 39.7 Å². The number of aromatic nitrogens is 1. The number of hydrogen-bond donors (Lipinski definition) is 0. The molecule has 2 aromatic rings. The number of thioether (sulfide) groups is 1. The molecule has 1 amide bonds. The largest absolute Gasteiger partial charge is 0.283 e. The van der Waals surface area contributed by atoms with Crippen LogP contribution in [0.5, 0.6) is 0 Å². The Hall–Kier alpha value is -2.66. The van der Waals surface area contributed by atoms with Gasteiger partial charge in [0.1, 0.15) is 0 Å². The van der Waals surface area contributed by atoms with Crippen molar-refractivity contribution in [1.82, 2.24) is 9.88 Å². The van der Waals surface area contributed by atoms with Crippen molar-refractivity contribution in [2.45, 2.75) is 45.1 Å². The fraction of sp³-hybridized carbons (Fsp3) is 0.292. The number of carbonyl (C=O) groups excluding carboxylic acids is 1. The van der Waals surface area contributed by atoms with E-state index in [1.165, 1.54) is 31.0 Å². The molecule has 0 bridgehead atoms. The molecule has 148 valence electrons. The summed E-state index contributed by atoms with van der Waals surface area (Å²) in [6.07, 6.45) is 13.2. The zero-order valence-corrected chi connectivity index (χ0v) is 17.4. The van der Waals surface area contributed by atoms with Gasteiger partial charge in [-0.2, -0.15) is 0 Å². The smallest absolute Gasteiger partial charge is 0.266 e. The maximum atomic E-state index is 13.3. The van der Waals surface area contributed by atoms with E-state index in [0.29, 0.717) is 0 Å². The molecular weight excluding hydrogens is 378 g/mol. The first-order valence-corrected chi connectivity index (χ1v) is 11.0. The van der Waals surface area contributed by atoms with Crippen LogP contribution in [0, 0.1) is 0 Å². The van der Waals surface area contributed by atoms with Crippen molar-refractivity contribution < 1.29 is 4.79 Å². The molecule has 1 saturated heterocycles. The Kier molecular flexibility index (Phi) is 6.25. The summed E-state index contributed by atoms with van der Waals surface area (Å²) in [5.41, 5.74) is 2.96. The molecular formula is C24H25N3OS. The number of benzene rings is 1.